The second kappa shape index (κ2) is 13.4. The van der Waals surface area contributed by atoms with Crippen molar-refractivity contribution in [3.8, 4) is 5.75 Å². The van der Waals surface area contributed by atoms with E-state index in [1.165, 1.54) is 19.1 Å². The number of phenols is 1. The smallest absolute Gasteiger partial charge is 0.325 e. The van der Waals surface area contributed by atoms with Gasteiger partial charge in [-0.1, -0.05) is 42.5 Å². The van der Waals surface area contributed by atoms with E-state index in [0.29, 0.717) is 0 Å². The lowest BCUT2D eigenvalue weighted by Gasteiger charge is -2.24. The van der Waals surface area contributed by atoms with Crippen LogP contribution in [0.5, 0.6) is 5.75 Å². The molecule has 0 aliphatic rings. The summed E-state index contributed by atoms with van der Waals surface area (Å²) < 4.78 is 0. The van der Waals surface area contributed by atoms with Crippen molar-refractivity contribution in [2.75, 3.05) is 5.75 Å². The van der Waals surface area contributed by atoms with E-state index < -0.39 is 47.9 Å². The molecule has 7 N–H and O–H groups in total. The van der Waals surface area contributed by atoms with Crippen LogP contribution in [0.3, 0.4) is 0 Å². The van der Waals surface area contributed by atoms with Crippen LogP contribution >= 0.6 is 12.6 Å². The van der Waals surface area contributed by atoms with Gasteiger partial charge in [-0.05, 0) is 36.6 Å². The summed E-state index contributed by atoms with van der Waals surface area (Å²) in [6.45, 7) is 1.31. The quantitative estimate of drug-likeness (QED) is 0.200. The van der Waals surface area contributed by atoms with Gasteiger partial charge in [-0.3, -0.25) is 19.2 Å². The van der Waals surface area contributed by atoms with Gasteiger partial charge in [-0.15, -0.1) is 0 Å². The van der Waals surface area contributed by atoms with Crippen molar-refractivity contribution in [3.05, 3.63) is 65.7 Å². The van der Waals surface area contributed by atoms with Gasteiger partial charge in [0, 0.05) is 12.2 Å². The summed E-state index contributed by atoms with van der Waals surface area (Å²) >= 11 is 4.14. The third kappa shape index (κ3) is 8.95. The molecule has 0 fully saturated rings. The van der Waals surface area contributed by atoms with Gasteiger partial charge in [-0.2, -0.15) is 12.6 Å². The molecule has 0 spiro atoms. The van der Waals surface area contributed by atoms with Gasteiger partial charge in [0.15, 0.2) is 0 Å². The number of aliphatic carboxylic acids is 1. The van der Waals surface area contributed by atoms with Crippen LogP contribution in [0, 0.1) is 0 Å². The molecule has 3 amide bonds. The normalized spacial score (nSPS) is 14.1. The highest BCUT2D eigenvalue weighted by atomic mass is 32.1. The van der Waals surface area contributed by atoms with Crippen LogP contribution in [0.4, 0.5) is 0 Å². The standard InChI is InChI=1S/C24H30N4O6S/c1-14(24(33)34)26-22(31)19(12-15-5-3-2-4-6-15)27-23(32)20(13-35)28-21(30)18(25)11-16-7-9-17(29)10-8-16/h2-10,14,18-20,29,35H,11-13,25H2,1H3,(H,26,31)(H,27,32)(H,28,30)(H,33,34). The Morgan fingerprint density at radius 1 is 0.829 bits per heavy atom. The number of phenolic OH excluding ortho intramolecular Hbond substituents is 1. The van der Waals surface area contributed by atoms with Crippen molar-refractivity contribution in [2.24, 2.45) is 5.73 Å². The van der Waals surface area contributed by atoms with Gasteiger partial charge in [0.05, 0.1) is 6.04 Å². The number of hydrogen-bond acceptors (Lipinski definition) is 7. The fourth-order valence-electron chi connectivity index (χ4n) is 3.16. The molecule has 0 radical (unpaired) electrons. The van der Waals surface area contributed by atoms with Crippen LogP contribution in [0.25, 0.3) is 0 Å². The second-order valence-electron chi connectivity index (χ2n) is 8.04. The van der Waals surface area contributed by atoms with Gasteiger partial charge in [0.2, 0.25) is 17.7 Å². The zero-order valence-corrected chi connectivity index (χ0v) is 20.1. The number of aromatic hydroxyl groups is 1. The van der Waals surface area contributed by atoms with Crippen LogP contribution < -0.4 is 21.7 Å². The van der Waals surface area contributed by atoms with Gasteiger partial charge in [0.25, 0.3) is 0 Å². The average molecular weight is 503 g/mol. The van der Waals surface area contributed by atoms with Crippen molar-refractivity contribution < 1.29 is 29.4 Å². The highest BCUT2D eigenvalue weighted by Gasteiger charge is 2.29. The van der Waals surface area contributed by atoms with Crippen LogP contribution in [-0.4, -0.2) is 63.8 Å². The Morgan fingerprint density at radius 3 is 1.94 bits per heavy atom. The topological polar surface area (TPSA) is 171 Å². The van der Waals surface area contributed by atoms with E-state index >= 15 is 0 Å². The first kappa shape index (κ1) is 27.7. The third-order valence-electron chi connectivity index (χ3n) is 5.19. The molecule has 0 saturated carbocycles. The molecular weight excluding hydrogens is 472 g/mol. The summed E-state index contributed by atoms with van der Waals surface area (Å²) in [6.07, 6.45) is 0.289. The molecule has 2 aromatic carbocycles. The summed E-state index contributed by atoms with van der Waals surface area (Å²) in [4.78, 5) is 49.4. The number of benzene rings is 2. The van der Waals surface area contributed by atoms with Crippen LogP contribution in [0.2, 0.25) is 0 Å². The van der Waals surface area contributed by atoms with Gasteiger partial charge < -0.3 is 31.9 Å². The third-order valence-corrected chi connectivity index (χ3v) is 5.55. The molecule has 0 heterocycles. The first-order valence-electron chi connectivity index (χ1n) is 10.9. The minimum atomic E-state index is -1.22. The molecule has 2 aromatic rings. The molecule has 2 rings (SSSR count). The first-order chi connectivity index (χ1) is 16.6. The molecule has 0 aliphatic heterocycles. The predicted molar refractivity (Wildman–Crippen MR) is 133 cm³/mol. The fourth-order valence-corrected chi connectivity index (χ4v) is 3.42. The van der Waals surface area contributed by atoms with Crippen LogP contribution in [-0.2, 0) is 32.0 Å². The number of nitrogens with two attached hydrogens (primary N) is 1. The van der Waals surface area contributed by atoms with Crippen LogP contribution in [0.1, 0.15) is 18.1 Å². The van der Waals surface area contributed by atoms with E-state index in [9.17, 15) is 24.3 Å². The van der Waals surface area contributed by atoms with Crippen molar-refractivity contribution in [2.45, 2.75) is 43.9 Å². The van der Waals surface area contributed by atoms with Gasteiger partial charge in [-0.25, -0.2) is 0 Å². The highest BCUT2D eigenvalue weighted by Crippen LogP contribution is 2.11. The molecule has 0 aliphatic carbocycles. The SMILES string of the molecule is CC(NC(=O)C(Cc1ccccc1)NC(=O)C(CS)NC(=O)C(N)Cc1ccc(O)cc1)C(=O)O. The van der Waals surface area contributed by atoms with Crippen molar-refractivity contribution in [1.82, 2.24) is 16.0 Å². The van der Waals surface area contributed by atoms with E-state index in [2.05, 4.69) is 28.6 Å². The largest absolute Gasteiger partial charge is 0.508 e. The van der Waals surface area contributed by atoms with Crippen molar-refractivity contribution >= 4 is 36.3 Å². The Balaban J connectivity index is 2.06. The molecule has 10 nitrogen and oxygen atoms in total. The molecule has 188 valence electrons. The minimum absolute atomic E-state index is 0.0608. The Labute approximate surface area is 208 Å². The zero-order chi connectivity index (χ0) is 26.0. The molecule has 11 heteroatoms. The number of nitrogens with one attached hydrogen (secondary N) is 3. The molecule has 0 bridgehead atoms. The fraction of sp³-hybridized carbons (Fsp3) is 0.333. The molecule has 0 saturated heterocycles. The first-order valence-corrected chi connectivity index (χ1v) is 11.6. The number of rotatable bonds is 12. The maximum Gasteiger partial charge on any atom is 0.325 e. The summed E-state index contributed by atoms with van der Waals surface area (Å²) in [5.41, 5.74) is 7.45. The average Bonchev–Trinajstić information content (AvgIpc) is 2.83. The van der Waals surface area contributed by atoms with Crippen molar-refractivity contribution in [3.63, 3.8) is 0 Å². The van der Waals surface area contributed by atoms with E-state index in [4.69, 9.17) is 10.8 Å². The van der Waals surface area contributed by atoms with Crippen LogP contribution in [0.15, 0.2) is 54.6 Å². The number of carbonyl (C=O) groups is 4. The Kier molecular flexibility index (Phi) is 10.6. The summed E-state index contributed by atoms with van der Waals surface area (Å²) in [5.74, 6) is -3.11. The molecule has 0 aromatic heterocycles. The molecule has 4 atom stereocenters. The van der Waals surface area contributed by atoms with Gasteiger partial charge in [0.1, 0.15) is 23.9 Å². The van der Waals surface area contributed by atoms with Gasteiger partial charge >= 0.3 is 5.97 Å². The van der Waals surface area contributed by atoms with E-state index in [0.717, 1.165) is 11.1 Å². The summed E-state index contributed by atoms with van der Waals surface area (Å²) in [5, 5.41) is 25.9. The lowest BCUT2D eigenvalue weighted by Crippen LogP contribution is -2.58. The number of carboxylic acids is 1. The van der Waals surface area contributed by atoms with E-state index in [-0.39, 0.29) is 24.3 Å². The maximum atomic E-state index is 12.9. The molecule has 4 unspecified atom stereocenters. The summed E-state index contributed by atoms with van der Waals surface area (Å²) in [6, 6.07) is 10.8. The Bertz CT molecular complexity index is 1020. The molecule has 35 heavy (non-hydrogen) atoms. The maximum absolute atomic E-state index is 12.9. The zero-order valence-electron chi connectivity index (χ0n) is 19.2. The second-order valence-corrected chi connectivity index (χ2v) is 8.41. The van der Waals surface area contributed by atoms with E-state index in [1.54, 1.807) is 42.5 Å². The number of thiol groups is 1. The number of carboxylic acid groups (broad SMARTS) is 1. The number of carbonyl (C=O) groups excluding carboxylic acids is 3. The Morgan fingerprint density at radius 2 is 1.37 bits per heavy atom. The lowest BCUT2D eigenvalue weighted by atomic mass is 10.0. The number of hydrogen-bond donors (Lipinski definition) is 7. The van der Waals surface area contributed by atoms with Crippen molar-refractivity contribution in [1.29, 1.82) is 0 Å². The minimum Gasteiger partial charge on any atom is -0.508 e. The number of amides is 3. The predicted octanol–water partition coefficient (Wildman–Crippen LogP) is -0.00660. The molecular formula is C24H30N4O6S. The summed E-state index contributed by atoms with van der Waals surface area (Å²) in [7, 11) is 0. The monoisotopic (exact) mass is 502 g/mol. The highest BCUT2D eigenvalue weighted by molar-refractivity contribution is 7.80. The van der Waals surface area contributed by atoms with E-state index in [1.807, 2.05) is 0 Å². The Hall–Kier alpha value is -3.57. The lowest BCUT2D eigenvalue weighted by molar-refractivity contribution is -0.141.